The molecule has 2 atom stereocenters. The van der Waals surface area contributed by atoms with E-state index in [4.69, 9.17) is 14.6 Å². The van der Waals surface area contributed by atoms with Gasteiger partial charge in [-0.05, 0) is 24.8 Å². The Morgan fingerprint density at radius 1 is 1.50 bits per heavy atom. The van der Waals surface area contributed by atoms with Crippen molar-refractivity contribution in [1.29, 1.82) is 0 Å². The second-order valence-electron chi connectivity index (χ2n) is 4.14. The summed E-state index contributed by atoms with van der Waals surface area (Å²) in [5.74, 6) is 0. The van der Waals surface area contributed by atoms with Gasteiger partial charge in [-0.15, -0.1) is 0 Å². The molecule has 0 aromatic carbocycles. The van der Waals surface area contributed by atoms with Crippen molar-refractivity contribution < 1.29 is 14.6 Å². The molecule has 0 aromatic rings. The van der Waals surface area contributed by atoms with Gasteiger partial charge in [-0.1, -0.05) is 12.2 Å². The SMILES string of the molecule is OCC1=CNC(COC2CCCCO2)C=C1. The quantitative estimate of drug-likeness (QED) is 0.747. The summed E-state index contributed by atoms with van der Waals surface area (Å²) in [6, 6.07) is 0.181. The largest absolute Gasteiger partial charge is 0.392 e. The standard InChI is InChI=1S/C12H19NO3/c14-8-10-4-5-11(13-7-10)9-16-12-3-1-2-6-15-12/h4-5,7,11-14H,1-3,6,8-9H2. The molecule has 16 heavy (non-hydrogen) atoms. The molecular formula is C12H19NO3. The van der Waals surface area contributed by atoms with Gasteiger partial charge in [-0.3, -0.25) is 0 Å². The Morgan fingerprint density at radius 3 is 3.06 bits per heavy atom. The molecule has 4 nitrogen and oxygen atoms in total. The normalized spacial score (nSPS) is 29.7. The zero-order valence-corrected chi connectivity index (χ0v) is 9.39. The van der Waals surface area contributed by atoms with Crippen LogP contribution in [0.2, 0.25) is 0 Å². The van der Waals surface area contributed by atoms with E-state index >= 15 is 0 Å². The zero-order chi connectivity index (χ0) is 11.2. The molecule has 0 aromatic heterocycles. The fraction of sp³-hybridized carbons (Fsp3) is 0.667. The Morgan fingerprint density at radius 2 is 2.44 bits per heavy atom. The second-order valence-corrected chi connectivity index (χ2v) is 4.14. The molecule has 2 unspecified atom stereocenters. The Bertz CT molecular complexity index is 269. The second kappa shape index (κ2) is 6.03. The first-order valence-electron chi connectivity index (χ1n) is 5.86. The molecular weight excluding hydrogens is 206 g/mol. The minimum absolute atomic E-state index is 0.0350. The van der Waals surface area contributed by atoms with Gasteiger partial charge in [-0.2, -0.15) is 0 Å². The van der Waals surface area contributed by atoms with Crippen LogP contribution in [0.5, 0.6) is 0 Å². The molecule has 2 N–H and O–H groups in total. The number of nitrogens with one attached hydrogen (secondary N) is 1. The Hall–Kier alpha value is -0.840. The summed E-state index contributed by atoms with van der Waals surface area (Å²) in [5, 5.41) is 12.1. The van der Waals surface area contributed by atoms with E-state index in [1.165, 1.54) is 6.42 Å². The van der Waals surface area contributed by atoms with Gasteiger partial charge < -0.3 is 19.9 Å². The average molecular weight is 225 g/mol. The third-order valence-corrected chi connectivity index (χ3v) is 2.81. The first-order chi connectivity index (χ1) is 7.88. The molecule has 90 valence electrons. The van der Waals surface area contributed by atoms with Gasteiger partial charge >= 0.3 is 0 Å². The van der Waals surface area contributed by atoms with Crippen LogP contribution in [0.4, 0.5) is 0 Å². The average Bonchev–Trinajstić information content (AvgIpc) is 2.38. The molecule has 0 bridgehead atoms. The summed E-state index contributed by atoms with van der Waals surface area (Å²) >= 11 is 0. The van der Waals surface area contributed by atoms with Gasteiger partial charge in [0.2, 0.25) is 0 Å². The topological polar surface area (TPSA) is 50.7 Å². The smallest absolute Gasteiger partial charge is 0.157 e. The summed E-state index contributed by atoms with van der Waals surface area (Å²) in [7, 11) is 0. The predicted octanol–water partition coefficient (Wildman–Crippen LogP) is 0.934. The molecule has 0 amide bonds. The van der Waals surface area contributed by atoms with E-state index in [2.05, 4.69) is 5.32 Å². The maximum Gasteiger partial charge on any atom is 0.157 e. The maximum atomic E-state index is 8.90. The van der Waals surface area contributed by atoms with Crippen molar-refractivity contribution in [3.05, 3.63) is 23.9 Å². The van der Waals surface area contributed by atoms with E-state index in [1.807, 2.05) is 18.4 Å². The minimum Gasteiger partial charge on any atom is -0.392 e. The molecule has 2 aliphatic heterocycles. The molecule has 2 rings (SSSR count). The highest BCUT2D eigenvalue weighted by atomic mass is 16.7. The van der Waals surface area contributed by atoms with Gasteiger partial charge in [0.1, 0.15) is 0 Å². The van der Waals surface area contributed by atoms with Crippen LogP contribution in [-0.2, 0) is 9.47 Å². The molecule has 2 aliphatic rings. The van der Waals surface area contributed by atoms with Crippen molar-refractivity contribution in [3.8, 4) is 0 Å². The van der Waals surface area contributed by atoms with Gasteiger partial charge in [0.25, 0.3) is 0 Å². The third kappa shape index (κ3) is 3.33. The van der Waals surface area contributed by atoms with E-state index in [0.717, 1.165) is 25.0 Å². The summed E-state index contributed by atoms with van der Waals surface area (Å²) < 4.78 is 11.1. The first kappa shape index (κ1) is 11.6. The van der Waals surface area contributed by atoms with Gasteiger partial charge in [0, 0.05) is 12.8 Å². The van der Waals surface area contributed by atoms with Crippen molar-refractivity contribution in [3.63, 3.8) is 0 Å². The number of ether oxygens (including phenoxy) is 2. The first-order valence-corrected chi connectivity index (χ1v) is 5.86. The lowest BCUT2D eigenvalue weighted by molar-refractivity contribution is -0.163. The number of aliphatic hydroxyl groups is 1. The van der Waals surface area contributed by atoms with Crippen molar-refractivity contribution in [2.24, 2.45) is 0 Å². The lowest BCUT2D eigenvalue weighted by Gasteiger charge is -2.25. The molecule has 0 saturated carbocycles. The van der Waals surface area contributed by atoms with Crippen LogP contribution in [0.3, 0.4) is 0 Å². The van der Waals surface area contributed by atoms with Gasteiger partial charge in [-0.25, -0.2) is 0 Å². The highest BCUT2D eigenvalue weighted by Gasteiger charge is 2.16. The van der Waals surface area contributed by atoms with Crippen LogP contribution in [0.1, 0.15) is 19.3 Å². The molecule has 2 heterocycles. The van der Waals surface area contributed by atoms with Crippen LogP contribution in [0, 0.1) is 0 Å². The van der Waals surface area contributed by atoms with Crippen molar-refractivity contribution in [2.75, 3.05) is 19.8 Å². The predicted molar refractivity (Wildman–Crippen MR) is 60.8 cm³/mol. The van der Waals surface area contributed by atoms with E-state index in [1.54, 1.807) is 0 Å². The van der Waals surface area contributed by atoms with E-state index in [9.17, 15) is 0 Å². The van der Waals surface area contributed by atoms with E-state index < -0.39 is 0 Å². The number of dihydropyridines is 1. The number of rotatable bonds is 4. The molecule has 0 spiro atoms. The fourth-order valence-electron chi connectivity index (χ4n) is 1.81. The van der Waals surface area contributed by atoms with Crippen LogP contribution in [-0.4, -0.2) is 37.3 Å². The molecule has 1 saturated heterocycles. The fourth-order valence-corrected chi connectivity index (χ4v) is 1.81. The summed E-state index contributed by atoms with van der Waals surface area (Å²) in [4.78, 5) is 0. The lowest BCUT2D eigenvalue weighted by atomic mass is 10.1. The third-order valence-electron chi connectivity index (χ3n) is 2.81. The minimum atomic E-state index is -0.0350. The summed E-state index contributed by atoms with van der Waals surface area (Å²) in [5.41, 5.74) is 0.894. The van der Waals surface area contributed by atoms with E-state index in [0.29, 0.717) is 6.61 Å². The van der Waals surface area contributed by atoms with Crippen LogP contribution >= 0.6 is 0 Å². The number of aliphatic hydroxyl groups excluding tert-OH is 1. The van der Waals surface area contributed by atoms with Crippen molar-refractivity contribution in [2.45, 2.75) is 31.6 Å². The summed E-state index contributed by atoms with van der Waals surface area (Å²) in [6.07, 6.45) is 9.05. The Labute approximate surface area is 95.9 Å². The van der Waals surface area contributed by atoms with Gasteiger partial charge in [0.15, 0.2) is 6.29 Å². The molecule has 0 aliphatic carbocycles. The molecule has 0 radical (unpaired) electrons. The highest BCUT2D eigenvalue weighted by Crippen LogP contribution is 2.14. The molecule has 1 fully saturated rings. The summed E-state index contributed by atoms with van der Waals surface area (Å²) in [6.45, 7) is 1.49. The Balaban J connectivity index is 1.67. The Kier molecular flexibility index (Phi) is 4.39. The highest BCUT2D eigenvalue weighted by molar-refractivity contribution is 5.24. The van der Waals surface area contributed by atoms with Crippen molar-refractivity contribution in [1.82, 2.24) is 5.32 Å². The van der Waals surface area contributed by atoms with Crippen molar-refractivity contribution >= 4 is 0 Å². The lowest BCUT2D eigenvalue weighted by Crippen LogP contribution is -2.33. The van der Waals surface area contributed by atoms with Crippen LogP contribution < -0.4 is 5.32 Å². The monoisotopic (exact) mass is 225 g/mol. The van der Waals surface area contributed by atoms with Crippen LogP contribution in [0.25, 0.3) is 0 Å². The van der Waals surface area contributed by atoms with Crippen LogP contribution in [0.15, 0.2) is 23.9 Å². The maximum absolute atomic E-state index is 8.90. The van der Waals surface area contributed by atoms with E-state index in [-0.39, 0.29) is 18.9 Å². The number of hydrogen-bond acceptors (Lipinski definition) is 4. The van der Waals surface area contributed by atoms with Gasteiger partial charge in [0.05, 0.1) is 19.3 Å². The molecule has 4 heteroatoms. The number of hydrogen-bond donors (Lipinski definition) is 2. The zero-order valence-electron chi connectivity index (χ0n) is 9.39.